The number of hydrogen-bond acceptors (Lipinski definition) is 15. The van der Waals surface area contributed by atoms with E-state index in [2.05, 4.69) is 4.74 Å². The molecule has 0 bridgehead atoms. The molecule has 0 fully saturated rings. The number of carboxylic acids is 2. The van der Waals surface area contributed by atoms with Crippen LogP contribution in [0.5, 0.6) is 0 Å². The molecule has 2 unspecified atom stereocenters. The minimum atomic E-state index is -3.51. The standard InChI is InChI=1S/C16H30O17.Na.H/c17-1-5(19)7(21)9(23)11(25)15(31,13(27)28)3-33-4-16(32,14(29)30)12(26)10(24)8(22)6(20)2-18;;/h5-12,17-26,31-32H,1-4H2,(H,27,28)(H,29,30);;/t5-,6-,7-,8-,9+,10+,11-,12-,15?,16?;;/m1../s1. The van der Waals surface area contributed by atoms with Crippen molar-refractivity contribution in [3.8, 4) is 0 Å². The van der Waals surface area contributed by atoms with Gasteiger partial charge in [-0.25, -0.2) is 9.59 Å². The molecule has 0 rings (SSSR count). The number of ether oxygens (including phenoxy) is 1. The molecule has 14 N–H and O–H groups in total. The fraction of sp³-hybridized carbons (Fsp3) is 0.875. The Morgan fingerprint density at radius 2 is 0.882 bits per heavy atom. The maximum absolute atomic E-state index is 11.4. The molecule has 0 aliphatic carbocycles. The molecule has 0 aliphatic heterocycles. The Hall–Kier alpha value is -0.580. The number of carboxylic acid groups (broad SMARTS) is 2. The van der Waals surface area contributed by atoms with Crippen LogP contribution in [0.3, 0.4) is 0 Å². The summed E-state index contributed by atoms with van der Waals surface area (Å²) in [4.78, 5) is 22.8. The fourth-order valence-corrected chi connectivity index (χ4v) is 2.52. The van der Waals surface area contributed by atoms with Crippen molar-refractivity contribution in [2.24, 2.45) is 0 Å². The van der Waals surface area contributed by atoms with Gasteiger partial charge in [-0.1, -0.05) is 0 Å². The van der Waals surface area contributed by atoms with E-state index in [1.54, 1.807) is 0 Å². The Morgan fingerprint density at radius 3 is 1.09 bits per heavy atom. The zero-order chi connectivity index (χ0) is 26.3. The molecule has 10 atom stereocenters. The Morgan fingerprint density at radius 1 is 0.618 bits per heavy atom. The van der Waals surface area contributed by atoms with Gasteiger partial charge in [0.15, 0.2) is 0 Å². The van der Waals surface area contributed by atoms with Gasteiger partial charge in [0, 0.05) is 0 Å². The van der Waals surface area contributed by atoms with E-state index in [9.17, 15) is 70.9 Å². The second-order valence-electron chi connectivity index (χ2n) is 7.30. The first-order chi connectivity index (χ1) is 15.0. The van der Waals surface area contributed by atoms with E-state index in [0.29, 0.717) is 0 Å². The van der Waals surface area contributed by atoms with Gasteiger partial charge >= 0.3 is 41.5 Å². The molecule has 0 aromatic heterocycles. The molecular formula is C16H31NaO17. The van der Waals surface area contributed by atoms with Crippen LogP contribution in [0.15, 0.2) is 0 Å². The third-order valence-electron chi connectivity index (χ3n) is 4.87. The van der Waals surface area contributed by atoms with Crippen LogP contribution in [0, 0.1) is 0 Å². The SMILES string of the molecule is O=C(O)C(O)(COCC(O)(C(=O)O)[C@H](O)[C@@H](O)[C@H](O)[C@H](O)CO)[C@H](O)[C@@H](O)[C@H](O)[C@H](O)CO.[NaH]. The molecule has 0 amide bonds. The summed E-state index contributed by atoms with van der Waals surface area (Å²) in [6, 6.07) is 0. The van der Waals surface area contributed by atoms with Crippen LogP contribution in [0.1, 0.15) is 0 Å². The van der Waals surface area contributed by atoms with E-state index < -0.39 is 98.4 Å². The molecule has 17 nitrogen and oxygen atoms in total. The van der Waals surface area contributed by atoms with Gasteiger partial charge in [-0.3, -0.25) is 0 Å². The molecule has 34 heavy (non-hydrogen) atoms. The van der Waals surface area contributed by atoms with Crippen molar-refractivity contribution >= 4 is 41.5 Å². The van der Waals surface area contributed by atoms with Gasteiger partial charge in [0.2, 0.25) is 11.2 Å². The molecule has 18 heteroatoms. The Labute approximate surface area is 213 Å². The average Bonchev–Trinajstić information content (AvgIpc) is 2.78. The van der Waals surface area contributed by atoms with E-state index in [4.69, 9.17) is 10.2 Å². The summed E-state index contributed by atoms with van der Waals surface area (Å²) in [5.41, 5.74) is -7.02. The van der Waals surface area contributed by atoms with Crippen LogP contribution >= 0.6 is 0 Å². The summed E-state index contributed by atoms with van der Waals surface area (Å²) in [6.07, 6.45) is -19.7. The van der Waals surface area contributed by atoms with Crippen LogP contribution in [0.25, 0.3) is 0 Å². The van der Waals surface area contributed by atoms with Gasteiger partial charge in [0.05, 0.1) is 26.4 Å². The molecule has 0 heterocycles. The Bertz CT molecular complexity index is 587. The van der Waals surface area contributed by atoms with Gasteiger partial charge in [-0.05, 0) is 0 Å². The maximum atomic E-state index is 11.4. The van der Waals surface area contributed by atoms with Gasteiger partial charge < -0.3 is 76.2 Å². The minimum absolute atomic E-state index is 0. The first kappa shape index (κ1) is 35.6. The van der Waals surface area contributed by atoms with E-state index in [1.807, 2.05) is 0 Å². The average molecular weight is 518 g/mol. The number of carbonyl (C=O) groups is 2. The van der Waals surface area contributed by atoms with Crippen molar-refractivity contribution in [2.45, 2.75) is 60.0 Å². The second-order valence-corrected chi connectivity index (χ2v) is 7.30. The fourth-order valence-electron chi connectivity index (χ4n) is 2.52. The van der Waals surface area contributed by atoms with Crippen LogP contribution in [0.4, 0.5) is 0 Å². The van der Waals surface area contributed by atoms with Gasteiger partial charge in [-0.2, -0.15) is 0 Å². The van der Waals surface area contributed by atoms with Gasteiger partial charge in [-0.15, -0.1) is 0 Å². The molecule has 0 aromatic carbocycles. The van der Waals surface area contributed by atoms with Crippen molar-refractivity contribution in [1.29, 1.82) is 0 Å². The zero-order valence-electron chi connectivity index (χ0n) is 16.9. The summed E-state index contributed by atoms with van der Waals surface area (Å²) < 4.78 is 4.57. The normalized spacial score (nSPS) is 22.5. The molecule has 0 aromatic rings. The first-order valence-electron chi connectivity index (χ1n) is 9.18. The first-order valence-corrected chi connectivity index (χ1v) is 9.18. The van der Waals surface area contributed by atoms with E-state index >= 15 is 0 Å². The van der Waals surface area contributed by atoms with E-state index in [0.717, 1.165) is 0 Å². The summed E-state index contributed by atoms with van der Waals surface area (Å²) in [6.45, 7) is -5.48. The van der Waals surface area contributed by atoms with E-state index in [-0.39, 0.29) is 29.6 Å². The van der Waals surface area contributed by atoms with Crippen molar-refractivity contribution in [2.75, 3.05) is 26.4 Å². The van der Waals surface area contributed by atoms with Crippen LogP contribution in [-0.2, 0) is 14.3 Å². The van der Waals surface area contributed by atoms with Crippen LogP contribution in [0.2, 0.25) is 0 Å². The van der Waals surface area contributed by atoms with Gasteiger partial charge in [0.1, 0.15) is 48.8 Å². The quantitative estimate of drug-likeness (QED) is 0.0843. The molecule has 198 valence electrons. The summed E-state index contributed by atoms with van der Waals surface area (Å²) in [5.74, 6) is -4.58. The second kappa shape index (κ2) is 14.9. The number of rotatable bonds is 16. The topological polar surface area (TPSA) is 327 Å². The molecule has 0 aliphatic rings. The van der Waals surface area contributed by atoms with Gasteiger partial charge in [0.25, 0.3) is 0 Å². The van der Waals surface area contributed by atoms with Crippen molar-refractivity contribution in [1.82, 2.24) is 0 Å². The third-order valence-corrected chi connectivity index (χ3v) is 4.87. The molecule has 0 radical (unpaired) electrons. The van der Waals surface area contributed by atoms with Crippen LogP contribution in [-0.4, -0.2) is 199 Å². The van der Waals surface area contributed by atoms with E-state index in [1.165, 1.54) is 0 Å². The molecule has 0 saturated carbocycles. The molecule has 0 saturated heterocycles. The van der Waals surface area contributed by atoms with Crippen molar-refractivity contribution in [3.05, 3.63) is 0 Å². The number of aliphatic carboxylic acids is 2. The Kier molecular flexibility index (Phi) is 15.5. The van der Waals surface area contributed by atoms with Crippen LogP contribution < -0.4 is 0 Å². The predicted octanol–water partition coefficient (Wildman–Crippen LogP) is -9.14. The van der Waals surface area contributed by atoms with Crippen molar-refractivity contribution in [3.63, 3.8) is 0 Å². The molecule has 0 spiro atoms. The Balaban J connectivity index is 0. The summed E-state index contributed by atoms with van der Waals surface area (Å²) in [5, 5.41) is 133. The number of aliphatic hydroxyl groups is 12. The molecular weight excluding hydrogens is 487 g/mol. The number of hydrogen-bond donors (Lipinski definition) is 14. The summed E-state index contributed by atoms with van der Waals surface area (Å²) >= 11 is 0. The summed E-state index contributed by atoms with van der Waals surface area (Å²) in [7, 11) is 0. The third kappa shape index (κ3) is 8.23. The van der Waals surface area contributed by atoms with Crippen molar-refractivity contribution < 1.29 is 85.8 Å². The monoisotopic (exact) mass is 518 g/mol. The predicted molar refractivity (Wildman–Crippen MR) is 105 cm³/mol. The zero-order valence-corrected chi connectivity index (χ0v) is 16.9. The number of aliphatic hydroxyl groups excluding tert-OH is 10.